The Balaban J connectivity index is 1.75. The van der Waals surface area contributed by atoms with E-state index in [2.05, 4.69) is 10.2 Å². The van der Waals surface area contributed by atoms with Crippen LogP contribution in [0.4, 0.5) is 5.69 Å². The summed E-state index contributed by atoms with van der Waals surface area (Å²) in [4.78, 5) is 10.4. The second kappa shape index (κ2) is 6.02. The third-order valence-corrected chi connectivity index (χ3v) is 3.96. The maximum Gasteiger partial charge on any atom is 0.284 e. The Hall–Kier alpha value is -2.61. The molecule has 3 rings (SSSR count). The van der Waals surface area contributed by atoms with Gasteiger partial charge in [-0.25, -0.2) is 0 Å². The Bertz CT molecular complexity index is 785. The highest BCUT2D eigenvalue weighted by Crippen LogP contribution is 2.36. The molecule has 0 aliphatic rings. The van der Waals surface area contributed by atoms with Crippen LogP contribution >= 0.6 is 11.8 Å². The van der Waals surface area contributed by atoms with Crippen molar-refractivity contribution in [3.63, 3.8) is 0 Å². The monoisotopic (exact) mass is 317 g/mol. The van der Waals surface area contributed by atoms with Gasteiger partial charge in [-0.1, -0.05) is 23.9 Å². The number of rotatable bonds is 5. The third-order valence-electron chi connectivity index (χ3n) is 2.97. The number of nitro groups is 1. The summed E-state index contributed by atoms with van der Waals surface area (Å²) in [6.45, 7) is 1.92. The number of furan rings is 1. The number of thioether (sulfide) groups is 1. The van der Waals surface area contributed by atoms with Gasteiger partial charge in [-0.05, 0) is 24.6 Å². The average molecular weight is 317 g/mol. The van der Waals surface area contributed by atoms with Crippen LogP contribution in [0.15, 0.2) is 56.7 Å². The Morgan fingerprint density at radius 2 is 2.14 bits per heavy atom. The summed E-state index contributed by atoms with van der Waals surface area (Å²) in [5.74, 6) is 0.807. The third kappa shape index (κ3) is 3.01. The van der Waals surface area contributed by atoms with Gasteiger partial charge in [-0.15, -0.1) is 10.2 Å². The number of benzene rings is 1. The van der Waals surface area contributed by atoms with E-state index in [-0.39, 0.29) is 10.9 Å². The van der Waals surface area contributed by atoms with E-state index in [1.54, 1.807) is 24.3 Å². The van der Waals surface area contributed by atoms with Gasteiger partial charge in [0.2, 0.25) is 0 Å². The molecule has 0 amide bonds. The predicted molar refractivity (Wildman–Crippen MR) is 79.4 cm³/mol. The van der Waals surface area contributed by atoms with Gasteiger partial charge in [0.15, 0.2) is 5.76 Å². The molecule has 0 radical (unpaired) electrons. The summed E-state index contributed by atoms with van der Waals surface area (Å²) in [7, 11) is 0. The lowest BCUT2D eigenvalue weighted by molar-refractivity contribution is -0.384. The second-order valence-corrected chi connectivity index (χ2v) is 5.75. The van der Waals surface area contributed by atoms with Crippen LogP contribution in [0, 0.1) is 10.1 Å². The highest BCUT2D eigenvalue weighted by molar-refractivity contribution is 7.99. The van der Waals surface area contributed by atoms with E-state index in [0.717, 1.165) is 5.56 Å². The van der Waals surface area contributed by atoms with Crippen molar-refractivity contribution in [2.24, 2.45) is 0 Å². The van der Waals surface area contributed by atoms with Gasteiger partial charge in [0.1, 0.15) is 0 Å². The summed E-state index contributed by atoms with van der Waals surface area (Å²) in [5.41, 5.74) is 0.878. The smallest absolute Gasteiger partial charge is 0.284 e. The molecule has 0 spiro atoms. The van der Waals surface area contributed by atoms with E-state index >= 15 is 0 Å². The molecule has 0 N–H and O–H groups in total. The van der Waals surface area contributed by atoms with E-state index in [1.165, 1.54) is 24.1 Å². The van der Waals surface area contributed by atoms with E-state index < -0.39 is 4.92 Å². The standard InChI is InChI=1S/C14H11N3O4S/c1-9(10-4-2-5-11(8-10)17(18)19)22-14-16-15-13(21-14)12-6-3-7-20-12/h2-9H,1H3. The van der Waals surface area contributed by atoms with Gasteiger partial charge >= 0.3 is 0 Å². The number of hydrogen-bond acceptors (Lipinski definition) is 7. The van der Waals surface area contributed by atoms with Crippen molar-refractivity contribution >= 4 is 17.4 Å². The van der Waals surface area contributed by atoms with Crippen LogP contribution in [-0.2, 0) is 0 Å². The first-order valence-electron chi connectivity index (χ1n) is 6.42. The normalized spacial score (nSPS) is 12.2. The maximum atomic E-state index is 10.8. The highest BCUT2D eigenvalue weighted by atomic mass is 32.2. The van der Waals surface area contributed by atoms with Gasteiger partial charge in [0.05, 0.1) is 11.2 Å². The Kier molecular flexibility index (Phi) is 3.92. The number of hydrogen-bond donors (Lipinski definition) is 0. The van der Waals surface area contributed by atoms with Gasteiger partial charge in [0.25, 0.3) is 16.8 Å². The van der Waals surface area contributed by atoms with Crippen LogP contribution in [0.3, 0.4) is 0 Å². The first-order chi connectivity index (χ1) is 10.6. The first kappa shape index (κ1) is 14.3. The molecule has 8 heteroatoms. The van der Waals surface area contributed by atoms with Crippen molar-refractivity contribution in [2.45, 2.75) is 17.4 Å². The summed E-state index contributed by atoms with van der Waals surface area (Å²) >= 11 is 1.33. The summed E-state index contributed by atoms with van der Waals surface area (Å²) < 4.78 is 10.7. The van der Waals surface area contributed by atoms with Crippen molar-refractivity contribution < 1.29 is 13.8 Å². The molecular weight excluding hydrogens is 306 g/mol. The molecule has 112 valence electrons. The Labute approximate surface area is 129 Å². The van der Waals surface area contributed by atoms with Crippen molar-refractivity contribution in [2.75, 3.05) is 0 Å². The molecule has 7 nitrogen and oxygen atoms in total. The number of non-ortho nitro benzene ring substituents is 1. The molecule has 0 saturated heterocycles. The average Bonchev–Trinajstić information content (AvgIpc) is 3.18. The highest BCUT2D eigenvalue weighted by Gasteiger charge is 2.17. The molecule has 0 fully saturated rings. The molecule has 1 atom stereocenters. The molecule has 22 heavy (non-hydrogen) atoms. The molecule has 0 bridgehead atoms. The zero-order valence-corrected chi connectivity index (χ0v) is 12.3. The van der Waals surface area contributed by atoms with Crippen LogP contribution in [-0.4, -0.2) is 15.1 Å². The van der Waals surface area contributed by atoms with Crippen molar-refractivity contribution in [1.29, 1.82) is 0 Å². The molecule has 0 aliphatic heterocycles. The van der Waals surface area contributed by atoms with E-state index in [9.17, 15) is 10.1 Å². The minimum atomic E-state index is -0.414. The second-order valence-electron chi connectivity index (χ2n) is 4.46. The lowest BCUT2D eigenvalue weighted by atomic mass is 10.1. The lowest BCUT2D eigenvalue weighted by Crippen LogP contribution is -1.92. The van der Waals surface area contributed by atoms with Crippen molar-refractivity contribution in [3.05, 3.63) is 58.3 Å². The van der Waals surface area contributed by atoms with E-state index in [0.29, 0.717) is 16.9 Å². The predicted octanol–water partition coefficient (Wildman–Crippen LogP) is 4.09. The SMILES string of the molecule is CC(Sc1nnc(-c2ccco2)o1)c1cccc([N+](=O)[O-])c1. The first-order valence-corrected chi connectivity index (χ1v) is 7.30. The molecule has 2 aromatic heterocycles. The van der Waals surface area contributed by atoms with Crippen LogP contribution in [0.1, 0.15) is 17.7 Å². The number of aromatic nitrogens is 2. The van der Waals surface area contributed by atoms with Crippen LogP contribution in [0.2, 0.25) is 0 Å². The van der Waals surface area contributed by atoms with Crippen LogP contribution in [0.25, 0.3) is 11.7 Å². The fourth-order valence-electron chi connectivity index (χ4n) is 1.87. The molecule has 1 aromatic carbocycles. The summed E-state index contributed by atoms with van der Waals surface area (Å²) in [5, 5.41) is 19.0. The van der Waals surface area contributed by atoms with Crippen molar-refractivity contribution in [1.82, 2.24) is 10.2 Å². The lowest BCUT2D eigenvalue weighted by Gasteiger charge is -2.07. The zero-order chi connectivity index (χ0) is 15.5. The fourth-order valence-corrected chi connectivity index (χ4v) is 2.67. The minimum absolute atomic E-state index is 0.0618. The number of nitro benzene ring substituents is 1. The van der Waals surface area contributed by atoms with Gasteiger partial charge < -0.3 is 8.83 Å². The van der Waals surface area contributed by atoms with Gasteiger partial charge in [0, 0.05) is 17.4 Å². The van der Waals surface area contributed by atoms with E-state index in [1.807, 2.05) is 13.0 Å². The van der Waals surface area contributed by atoms with Crippen LogP contribution < -0.4 is 0 Å². The molecular formula is C14H11N3O4S. The minimum Gasteiger partial charge on any atom is -0.459 e. The molecule has 3 aromatic rings. The molecule has 0 saturated carbocycles. The largest absolute Gasteiger partial charge is 0.459 e. The van der Waals surface area contributed by atoms with Crippen molar-refractivity contribution in [3.8, 4) is 11.7 Å². The maximum absolute atomic E-state index is 10.8. The van der Waals surface area contributed by atoms with E-state index in [4.69, 9.17) is 8.83 Å². The van der Waals surface area contributed by atoms with Gasteiger partial charge in [-0.2, -0.15) is 0 Å². The Morgan fingerprint density at radius 3 is 2.86 bits per heavy atom. The molecule has 2 heterocycles. The fraction of sp³-hybridized carbons (Fsp3) is 0.143. The summed E-state index contributed by atoms with van der Waals surface area (Å²) in [6.07, 6.45) is 1.53. The molecule has 0 aliphatic carbocycles. The Morgan fingerprint density at radius 1 is 1.27 bits per heavy atom. The summed E-state index contributed by atoms with van der Waals surface area (Å²) in [6, 6.07) is 9.95. The van der Waals surface area contributed by atoms with Crippen LogP contribution in [0.5, 0.6) is 0 Å². The number of nitrogens with zero attached hydrogens (tertiary/aromatic N) is 3. The quantitative estimate of drug-likeness (QED) is 0.397. The zero-order valence-electron chi connectivity index (χ0n) is 11.5. The molecule has 1 unspecified atom stereocenters. The topological polar surface area (TPSA) is 95.2 Å². The van der Waals surface area contributed by atoms with Gasteiger partial charge in [-0.3, -0.25) is 10.1 Å².